The molecule has 0 amide bonds. The molecule has 1 fully saturated rings. The van der Waals surface area contributed by atoms with E-state index in [9.17, 15) is 0 Å². The maximum atomic E-state index is 5.94. The summed E-state index contributed by atoms with van der Waals surface area (Å²) in [6, 6.07) is 18.5. The van der Waals surface area contributed by atoms with Crippen LogP contribution in [0.2, 0.25) is 0 Å². The number of hydrogen-bond donors (Lipinski definition) is 0. The predicted octanol–water partition coefficient (Wildman–Crippen LogP) is 3.21. The summed E-state index contributed by atoms with van der Waals surface area (Å²) >= 11 is 0. The average molecular weight is 291 g/mol. The molecule has 0 saturated carbocycles. The van der Waals surface area contributed by atoms with Gasteiger partial charge in [-0.1, -0.05) is 42.5 Å². The molecular weight excluding hydrogens is 274 g/mol. The molecule has 0 aliphatic carbocycles. The fourth-order valence-corrected chi connectivity index (χ4v) is 2.95. The van der Waals surface area contributed by atoms with Crippen LogP contribution in [0, 0.1) is 0 Å². The van der Waals surface area contributed by atoms with Crippen molar-refractivity contribution in [1.29, 1.82) is 0 Å². The largest absolute Gasteiger partial charge is 0.370 e. The zero-order valence-electron chi connectivity index (χ0n) is 12.2. The molecule has 1 aromatic heterocycles. The van der Waals surface area contributed by atoms with Crippen molar-refractivity contribution in [2.45, 2.75) is 6.10 Å². The van der Waals surface area contributed by atoms with Crippen LogP contribution in [-0.4, -0.2) is 29.7 Å². The van der Waals surface area contributed by atoms with E-state index < -0.39 is 0 Å². The lowest BCUT2D eigenvalue weighted by atomic mass is 10.1. The summed E-state index contributed by atoms with van der Waals surface area (Å²) in [6.07, 6.45) is 1.73. The van der Waals surface area contributed by atoms with Crippen LogP contribution in [0.3, 0.4) is 0 Å². The summed E-state index contributed by atoms with van der Waals surface area (Å²) in [5.41, 5.74) is 2.20. The molecule has 1 aliphatic heterocycles. The second-order valence-electron chi connectivity index (χ2n) is 5.43. The van der Waals surface area contributed by atoms with Crippen molar-refractivity contribution in [2.24, 2.45) is 0 Å². The molecule has 110 valence electrons. The second kappa shape index (κ2) is 5.73. The Balaban J connectivity index is 1.67. The number of fused-ring (bicyclic) bond motifs is 1. The molecule has 4 heteroatoms. The van der Waals surface area contributed by atoms with E-state index in [1.807, 2.05) is 24.3 Å². The molecule has 0 radical (unpaired) electrons. The zero-order valence-corrected chi connectivity index (χ0v) is 12.2. The second-order valence-corrected chi connectivity index (χ2v) is 5.43. The van der Waals surface area contributed by atoms with Crippen LogP contribution in [0.15, 0.2) is 60.9 Å². The molecule has 1 aliphatic rings. The van der Waals surface area contributed by atoms with Crippen molar-refractivity contribution in [3.8, 4) is 0 Å². The molecule has 3 aromatic rings. The number of rotatable bonds is 2. The van der Waals surface area contributed by atoms with Gasteiger partial charge in [-0.15, -0.1) is 0 Å². The Morgan fingerprint density at radius 2 is 1.77 bits per heavy atom. The Bertz CT molecular complexity index is 770. The number of aromatic nitrogens is 2. The molecular formula is C18H17N3O. The lowest BCUT2D eigenvalue weighted by Gasteiger charge is -2.34. The van der Waals surface area contributed by atoms with Crippen LogP contribution in [0.5, 0.6) is 0 Å². The maximum Gasteiger partial charge on any atom is 0.140 e. The lowest BCUT2D eigenvalue weighted by molar-refractivity contribution is 0.0396. The smallest absolute Gasteiger partial charge is 0.140 e. The molecule has 2 aromatic carbocycles. The Labute approximate surface area is 129 Å². The zero-order chi connectivity index (χ0) is 14.8. The molecule has 4 rings (SSSR count). The summed E-state index contributed by atoms with van der Waals surface area (Å²) in [4.78, 5) is 11.2. The number of nitrogens with zero attached hydrogens (tertiary/aromatic N) is 3. The predicted molar refractivity (Wildman–Crippen MR) is 86.9 cm³/mol. The molecule has 1 saturated heterocycles. The first-order valence-electron chi connectivity index (χ1n) is 7.53. The molecule has 2 heterocycles. The standard InChI is InChI=1S/C18H17N3O/c1-2-6-14(7-3-1)17-12-21(10-11-22-17)18-15-8-4-5-9-16(15)19-13-20-18/h1-9,13,17H,10-12H2. The Morgan fingerprint density at radius 3 is 2.68 bits per heavy atom. The third kappa shape index (κ3) is 2.42. The van der Waals surface area contributed by atoms with Gasteiger partial charge in [0.2, 0.25) is 0 Å². The van der Waals surface area contributed by atoms with E-state index in [4.69, 9.17) is 4.74 Å². The SMILES string of the molecule is c1ccc(C2CN(c3ncnc4ccccc34)CCO2)cc1. The van der Waals surface area contributed by atoms with Crippen LogP contribution in [0.25, 0.3) is 10.9 Å². The van der Waals surface area contributed by atoms with E-state index in [-0.39, 0.29) is 6.10 Å². The summed E-state index contributed by atoms with van der Waals surface area (Å²) < 4.78 is 5.94. The molecule has 22 heavy (non-hydrogen) atoms. The summed E-state index contributed by atoms with van der Waals surface area (Å²) in [6.45, 7) is 2.37. The minimum absolute atomic E-state index is 0.0867. The van der Waals surface area contributed by atoms with E-state index in [0.29, 0.717) is 6.61 Å². The van der Waals surface area contributed by atoms with Gasteiger partial charge in [-0.3, -0.25) is 0 Å². The van der Waals surface area contributed by atoms with Crippen molar-refractivity contribution >= 4 is 16.7 Å². The highest BCUT2D eigenvalue weighted by Gasteiger charge is 2.23. The van der Waals surface area contributed by atoms with Crippen molar-refractivity contribution in [1.82, 2.24) is 9.97 Å². The third-order valence-corrected chi connectivity index (χ3v) is 4.06. The average Bonchev–Trinajstić information content (AvgIpc) is 2.62. The van der Waals surface area contributed by atoms with Crippen LogP contribution < -0.4 is 4.90 Å². The first-order valence-corrected chi connectivity index (χ1v) is 7.53. The van der Waals surface area contributed by atoms with Gasteiger partial charge in [0, 0.05) is 18.5 Å². The minimum Gasteiger partial charge on any atom is -0.370 e. The first-order chi connectivity index (χ1) is 10.9. The molecule has 1 atom stereocenters. The monoisotopic (exact) mass is 291 g/mol. The Morgan fingerprint density at radius 1 is 0.955 bits per heavy atom. The topological polar surface area (TPSA) is 38.2 Å². The minimum atomic E-state index is 0.0867. The molecule has 1 unspecified atom stereocenters. The van der Waals surface area contributed by atoms with Gasteiger partial charge in [0.15, 0.2) is 0 Å². The number of hydrogen-bond acceptors (Lipinski definition) is 4. The number of para-hydroxylation sites is 1. The highest BCUT2D eigenvalue weighted by Crippen LogP contribution is 2.28. The molecule has 0 bridgehead atoms. The number of morpholine rings is 1. The van der Waals surface area contributed by atoms with Crippen LogP contribution in [-0.2, 0) is 4.74 Å². The van der Waals surface area contributed by atoms with E-state index in [1.165, 1.54) is 5.56 Å². The van der Waals surface area contributed by atoms with Crippen molar-refractivity contribution < 1.29 is 4.74 Å². The van der Waals surface area contributed by atoms with Gasteiger partial charge in [-0.25, -0.2) is 9.97 Å². The highest BCUT2D eigenvalue weighted by molar-refractivity contribution is 5.89. The normalized spacial score (nSPS) is 18.5. The summed E-state index contributed by atoms with van der Waals surface area (Å²) in [5.74, 6) is 0.995. The van der Waals surface area contributed by atoms with E-state index >= 15 is 0 Å². The van der Waals surface area contributed by atoms with E-state index in [2.05, 4.69) is 45.2 Å². The molecule has 0 N–H and O–H groups in total. The number of benzene rings is 2. The van der Waals surface area contributed by atoms with Gasteiger partial charge in [0.05, 0.1) is 12.1 Å². The van der Waals surface area contributed by atoms with Crippen molar-refractivity contribution in [3.63, 3.8) is 0 Å². The number of ether oxygens (including phenoxy) is 1. The fraction of sp³-hybridized carbons (Fsp3) is 0.222. The van der Waals surface area contributed by atoms with E-state index in [1.54, 1.807) is 6.33 Å². The maximum absolute atomic E-state index is 5.94. The third-order valence-electron chi connectivity index (χ3n) is 4.06. The van der Waals surface area contributed by atoms with Gasteiger partial charge >= 0.3 is 0 Å². The van der Waals surface area contributed by atoms with Gasteiger partial charge in [-0.05, 0) is 17.7 Å². The van der Waals surface area contributed by atoms with Crippen LogP contribution in [0.4, 0.5) is 5.82 Å². The van der Waals surface area contributed by atoms with Crippen LogP contribution >= 0.6 is 0 Å². The quantitative estimate of drug-likeness (QED) is 0.726. The Kier molecular flexibility index (Phi) is 3.45. The van der Waals surface area contributed by atoms with Crippen LogP contribution in [0.1, 0.15) is 11.7 Å². The van der Waals surface area contributed by atoms with Crippen molar-refractivity contribution in [3.05, 3.63) is 66.5 Å². The van der Waals surface area contributed by atoms with Gasteiger partial charge in [0.1, 0.15) is 18.2 Å². The summed E-state index contributed by atoms with van der Waals surface area (Å²) in [7, 11) is 0. The molecule has 4 nitrogen and oxygen atoms in total. The number of anilines is 1. The Hall–Kier alpha value is -2.46. The van der Waals surface area contributed by atoms with Gasteiger partial charge < -0.3 is 9.64 Å². The first kappa shape index (κ1) is 13.2. The van der Waals surface area contributed by atoms with E-state index in [0.717, 1.165) is 29.8 Å². The van der Waals surface area contributed by atoms with Gasteiger partial charge in [0.25, 0.3) is 0 Å². The fourth-order valence-electron chi connectivity index (χ4n) is 2.95. The lowest BCUT2D eigenvalue weighted by Crippen LogP contribution is -2.39. The van der Waals surface area contributed by atoms with Crippen molar-refractivity contribution in [2.75, 3.05) is 24.6 Å². The van der Waals surface area contributed by atoms with Gasteiger partial charge in [-0.2, -0.15) is 0 Å². The molecule has 0 spiro atoms. The summed E-state index contributed by atoms with van der Waals surface area (Å²) in [5, 5.41) is 1.10. The highest BCUT2D eigenvalue weighted by atomic mass is 16.5.